The fraction of sp³-hybridized carbons (Fsp3) is 0.438. The second-order valence-electron chi connectivity index (χ2n) is 6.00. The monoisotopic (exact) mass is 239 g/mol. The van der Waals surface area contributed by atoms with E-state index in [2.05, 4.69) is 6.07 Å². The molecule has 2 heteroatoms. The molecule has 0 unspecified atom stereocenters. The molecule has 0 atom stereocenters. The van der Waals surface area contributed by atoms with Gasteiger partial charge >= 0.3 is 0 Å². The third-order valence-corrected chi connectivity index (χ3v) is 5.22. The quantitative estimate of drug-likeness (QED) is 0.629. The van der Waals surface area contributed by atoms with Gasteiger partial charge in [-0.25, -0.2) is 4.39 Å². The van der Waals surface area contributed by atoms with Crippen molar-refractivity contribution in [3.05, 3.63) is 41.2 Å². The first-order valence-corrected chi connectivity index (χ1v) is 6.61. The van der Waals surface area contributed by atoms with E-state index in [-0.39, 0.29) is 16.6 Å². The molecule has 1 aromatic carbocycles. The molecular weight excluding hydrogens is 225 g/mol. The molecule has 0 aromatic heterocycles. The Morgan fingerprint density at radius 2 is 2.00 bits per heavy atom. The third kappa shape index (κ3) is 1.06. The van der Waals surface area contributed by atoms with Crippen LogP contribution in [0.3, 0.4) is 0 Å². The van der Waals surface area contributed by atoms with Crippen LogP contribution < -0.4 is 0 Å². The fourth-order valence-electron chi connectivity index (χ4n) is 4.09. The summed E-state index contributed by atoms with van der Waals surface area (Å²) in [5.41, 5.74) is 3.34. The Labute approximate surface area is 106 Å². The summed E-state index contributed by atoms with van der Waals surface area (Å²) < 4.78 is 14.3. The summed E-state index contributed by atoms with van der Waals surface area (Å²) >= 11 is 0. The lowest BCUT2D eigenvalue weighted by Crippen LogP contribution is -2.29. The minimum Gasteiger partial charge on any atom is -0.207 e. The van der Waals surface area contributed by atoms with Crippen molar-refractivity contribution in [3.8, 4) is 6.07 Å². The van der Waals surface area contributed by atoms with Crippen molar-refractivity contribution >= 4 is 5.57 Å². The number of nitrogens with zero attached hydrogens (tertiary/aromatic N) is 1. The average Bonchev–Trinajstić information content (AvgIpc) is 3.21. The van der Waals surface area contributed by atoms with E-state index in [1.165, 1.54) is 12.8 Å². The lowest BCUT2D eigenvalue weighted by Gasteiger charge is -2.36. The number of rotatable bonds is 0. The maximum absolute atomic E-state index is 14.3. The van der Waals surface area contributed by atoms with E-state index in [0.29, 0.717) is 0 Å². The van der Waals surface area contributed by atoms with Crippen molar-refractivity contribution in [1.82, 2.24) is 0 Å². The maximum Gasteiger partial charge on any atom is 0.127 e. The summed E-state index contributed by atoms with van der Waals surface area (Å²) in [5.74, 6) is -0.0696. The summed E-state index contributed by atoms with van der Waals surface area (Å²) in [6.45, 7) is 0. The standard InChI is InChI=1S/C16H14FN/c17-13-3-1-2-12-11(4-9-18)10-15(5-6-15)16(7-8-16)14(12)13/h1-4H,5-8,10H2. The van der Waals surface area contributed by atoms with Crippen molar-refractivity contribution in [2.24, 2.45) is 5.41 Å². The van der Waals surface area contributed by atoms with Gasteiger partial charge in [0.25, 0.3) is 0 Å². The lowest BCUT2D eigenvalue weighted by atomic mass is 9.67. The minimum atomic E-state index is -0.0696. The van der Waals surface area contributed by atoms with Gasteiger partial charge in [-0.05, 0) is 54.7 Å². The second kappa shape index (κ2) is 3.03. The first kappa shape index (κ1) is 10.3. The molecular formula is C16H14FN. The topological polar surface area (TPSA) is 23.8 Å². The van der Waals surface area contributed by atoms with Gasteiger partial charge in [-0.2, -0.15) is 5.26 Å². The van der Waals surface area contributed by atoms with Gasteiger partial charge in [0.05, 0.1) is 6.07 Å². The van der Waals surface area contributed by atoms with E-state index in [0.717, 1.165) is 36.0 Å². The van der Waals surface area contributed by atoms with Crippen LogP contribution in [0.25, 0.3) is 5.57 Å². The molecule has 4 rings (SSSR count). The highest BCUT2D eigenvalue weighted by Gasteiger charge is 2.68. The van der Waals surface area contributed by atoms with Gasteiger partial charge in [0.15, 0.2) is 0 Å². The molecule has 2 spiro atoms. The molecule has 0 N–H and O–H groups in total. The van der Waals surface area contributed by atoms with Crippen LogP contribution in [0.4, 0.5) is 4.39 Å². The van der Waals surface area contributed by atoms with Crippen LogP contribution in [0.15, 0.2) is 24.3 Å². The van der Waals surface area contributed by atoms with E-state index in [1.54, 1.807) is 18.2 Å². The number of halogens is 1. The summed E-state index contributed by atoms with van der Waals surface area (Å²) in [6.07, 6.45) is 7.24. The Hall–Kier alpha value is -1.62. The van der Waals surface area contributed by atoms with Gasteiger partial charge in [-0.15, -0.1) is 0 Å². The summed E-state index contributed by atoms with van der Waals surface area (Å²) in [6, 6.07) is 7.45. The van der Waals surface area contributed by atoms with Crippen LogP contribution in [0.5, 0.6) is 0 Å². The summed E-state index contributed by atoms with van der Waals surface area (Å²) in [4.78, 5) is 0. The van der Waals surface area contributed by atoms with Crippen LogP contribution >= 0.6 is 0 Å². The van der Waals surface area contributed by atoms with Crippen molar-refractivity contribution in [3.63, 3.8) is 0 Å². The Morgan fingerprint density at radius 1 is 1.22 bits per heavy atom. The summed E-state index contributed by atoms with van der Waals surface area (Å²) in [7, 11) is 0. The largest absolute Gasteiger partial charge is 0.207 e. The van der Waals surface area contributed by atoms with Gasteiger partial charge in [-0.3, -0.25) is 0 Å². The molecule has 0 amide bonds. The number of hydrogen-bond acceptors (Lipinski definition) is 1. The SMILES string of the molecule is N#CC=C1CC2(CC2)C2(CC2)c2c(F)cccc21. The lowest BCUT2D eigenvalue weighted by molar-refractivity contribution is 0.361. The highest BCUT2D eigenvalue weighted by Crippen LogP contribution is 2.76. The Kier molecular flexibility index (Phi) is 1.74. The van der Waals surface area contributed by atoms with Crippen LogP contribution in [0.2, 0.25) is 0 Å². The van der Waals surface area contributed by atoms with Crippen LogP contribution in [-0.4, -0.2) is 0 Å². The zero-order chi connectivity index (χ0) is 12.4. The van der Waals surface area contributed by atoms with E-state index in [1.807, 2.05) is 6.07 Å². The van der Waals surface area contributed by atoms with E-state index >= 15 is 0 Å². The van der Waals surface area contributed by atoms with Crippen LogP contribution in [-0.2, 0) is 5.41 Å². The zero-order valence-corrected chi connectivity index (χ0v) is 10.2. The molecule has 3 aliphatic carbocycles. The molecule has 1 aromatic rings. The van der Waals surface area contributed by atoms with Crippen molar-refractivity contribution in [2.75, 3.05) is 0 Å². The van der Waals surface area contributed by atoms with E-state index in [4.69, 9.17) is 5.26 Å². The molecule has 0 radical (unpaired) electrons. The number of benzene rings is 1. The fourth-order valence-corrected chi connectivity index (χ4v) is 4.09. The highest BCUT2D eigenvalue weighted by molar-refractivity contribution is 5.76. The molecule has 0 bridgehead atoms. The Balaban J connectivity index is 2.01. The van der Waals surface area contributed by atoms with Crippen LogP contribution in [0.1, 0.15) is 43.2 Å². The van der Waals surface area contributed by atoms with Gasteiger partial charge < -0.3 is 0 Å². The Morgan fingerprint density at radius 3 is 2.61 bits per heavy atom. The summed E-state index contributed by atoms with van der Waals surface area (Å²) in [5, 5.41) is 8.93. The number of nitriles is 1. The maximum atomic E-state index is 14.3. The van der Waals surface area contributed by atoms with Gasteiger partial charge in [0, 0.05) is 17.1 Å². The molecule has 3 aliphatic rings. The zero-order valence-electron chi connectivity index (χ0n) is 10.2. The highest BCUT2D eigenvalue weighted by atomic mass is 19.1. The second-order valence-corrected chi connectivity index (χ2v) is 6.00. The molecule has 0 aliphatic heterocycles. The molecule has 1 nitrogen and oxygen atoms in total. The third-order valence-electron chi connectivity index (χ3n) is 5.22. The molecule has 90 valence electrons. The first-order chi connectivity index (χ1) is 8.72. The smallest absolute Gasteiger partial charge is 0.127 e. The first-order valence-electron chi connectivity index (χ1n) is 6.61. The molecule has 2 saturated carbocycles. The molecule has 2 fully saturated rings. The average molecular weight is 239 g/mol. The number of allylic oxidation sites excluding steroid dienone is 2. The molecule has 0 saturated heterocycles. The van der Waals surface area contributed by atoms with Gasteiger partial charge in [0.1, 0.15) is 5.82 Å². The van der Waals surface area contributed by atoms with Gasteiger partial charge in [-0.1, -0.05) is 12.1 Å². The van der Waals surface area contributed by atoms with Crippen molar-refractivity contribution < 1.29 is 4.39 Å². The number of hydrogen-bond donors (Lipinski definition) is 0. The van der Waals surface area contributed by atoms with Crippen molar-refractivity contribution in [2.45, 2.75) is 37.5 Å². The van der Waals surface area contributed by atoms with Crippen LogP contribution in [0, 0.1) is 22.6 Å². The predicted molar refractivity (Wildman–Crippen MR) is 67.2 cm³/mol. The van der Waals surface area contributed by atoms with Crippen molar-refractivity contribution in [1.29, 1.82) is 5.26 Å². The normalized spacial score (nSPS) is 27.0. The van der Waals surface area contributed by atoms with E-state index < -0.39 is 0 Å². The Bertz CT molecular complexity index is 612. The predicted octanol–water partition coefficient (Wildman–Crippen LogP) is 3.95. The molecule has 0 heterocycles. The number of fused-ring (bicyclic) bond motifs is 3. The van der Waals surface area contributed by atoms with Gasteiger partial charge in [0.2, 0.25) is 0 Å². The van der Waals surface area contributed by atoms with E-state index in [9.17, 15) is 4.39 Å². The minimum absolute atomic E-state index is 0.0696. The molecule has 18 heavy (non-hydrogen) atoms.